The number of hydrogen-bond acceptors (Lipinski definition) is 3. The molecule has 2 N–H and O–H groups in total. The van der Waals surface area contributed by atoms with Crippen LogP contribution in [0.25, 0.3) is 11.6 Å². The van der Waals surface area contributed by atoms with Gasteiger partial charge in [-0.25, -0.2) is 0 Å². The highest BCUT2D eigenvalue weighted by Gasteiger charge is 2.18. The minimum Gasteiger partial charge on any atom is -0.399 e. The molecule has 2 aliphatic rings. The molecule has 0 unspecified atom stereocenters. The molecule has 0 spiro atoms. The Kier molecular flexibility index (Phi) is 1.92. The number of benzene rings is 1. The molecule has 84 valence electrons. The van der Waals surface area contributed by atoms with Crippen LogP contribution in [0.15, 0.2) is 42.1 Å². The summed E-state index contributed by atoms with van der Waals surface area (Å²) in [6.07, 6.45) is 7.81. The zero-order valence-corrected chi connectivity index (χ0v) is 8.96. The zero-order valence-electron chi connectivity index (χ0n) is 8.96. The Hall–Kier alpha value is -2.36. The molecule has 0 radical (unpaired) electrons. The summed E-state index contributed by atoms with van der Waals surface area (Å²) in [5.41, 5.74) is 7.75. The summed E-state index contributed by atoms with van der Waals surface area (Å²) >= 11 is 0. The third-order valence-electron chi connectivity index (χ3n) is 3.10. The lowest BCUT2D eigenvalue weighted by Crippen LogP contribution is -2.22. The van der Waals surface area contributed by atoms with Gasteiger partial charge in [-0.3, -0.25) is 10.1 Å². The number of non-ortho nitro benzene ring substituents is 1. The quantitative estimate of drug-likeness (QED) is 0.562. The lowest BCUT2D eigenvalue weighted by atomic mass is 9.95. The van der Waals surface area contributed by atoms with E-state index in [1.165, 1.54) is 6.07 Å². The van der Waals surface area contributed by atoms with Crippen LogP contribution in [0.1, 0.15) is 0 Å². The number of fused-ring (bicyclic) bond motifs is 2. The largest absolute Gasteiger partial charge is 0.399 e. The highest BCUT2D eigenvalue weighted by atomic mass is 16.6. The molecule has 0 aliphatic heterocycles. The van der Waals surface area contributed by atoms with Crippen LogP contribution in [0.5, 0.6) is 0 Å². The van der Waals surface area contributed by atoms with Crippen LogP contribution in [0.2, 0.25) is 0 Å². The number of hydrogen-bond donors (Lipinski definition) is 1. The van der Waals surface area contributed by atoms with Gasteiger partial charge in [0.05, 0.1) is 4.92 Å². The molecule has 0 saturated heterocycles. The Morgan fingerprint density at radius 1 is 1.24 bits per heavy atom. The van der Waals surface area contributed by atoms with Crippen molar-refractivity contribution < 1.29 is 4.92 Å². The van der Waals surface area contributed by atoms with Gasteiger partial charge in [-0.05, 0) is 28.2 Å². The van der Waals surface area contributed by atoms with Crippen LogP contribution in [-0.2, 0) is 0 Å². The number of allylic oxidation sites excluding steroid dienone is 3. The standard InChI is InChI=1S/C13H10N2O2/c14-10-1-3-12-8(6-10)5-9-7-11(15(16)17)2-4-13(9)12/h1-8H,14H2/t8-/m1/s1. The molecule has 0 aromatic heterocycles. The molecule has 0 heterocycles. The van der Waals surface area contributed by atoms with Gasteiger partial charge >= 0.3 is 0 Å². The lowest BCUT2D eigenvalue weighted by molar-refractivity contribution is -0.385. The maximum absolute atomic E-state index is 10.7. The molecule has 0 fully saturated rings. The first-order valence-electron chi connectivity index (χ1n) is 5.31. The van der Waals surface area contributed by atoms with Gasteiger partial charge in [0, 0.05) is 23.7 Å². The minimum atomic E-state index is -0.374. The predicted octanol–water partition coefficient (Wildman–Crippen LogP) is 0.568. The first-order valence-corrected chi connectivity index (χ1v) is 5.31. The van der Waals surface area contributed by atoms with Crippen LogP contribution in [0, 0.1) is 16.0 Å². The Labute approximate surface area is 97.2 Å². The van der Waals surface area contributed by atoms with Gasteiger partial charge in [0.2, 0.25) is 0 Å². The molecule has 3 rings (SSSR count). The summed E-state index contributed by atoms with van der Waals surface area (Å²) in [7, 11) is 0. The average molecular weight is 226 g/mol. The van der Waals surface area contributed by atoms with Crippen LogP contribution in [0.4, 0.5) is 5.69 Å². The summed E-state index contributed by atoms with van der Waals surface area (Å²) in [4.78, 5) is 10.3. The van der Waals surface area contributed by atoms with Gasteiger partial charge < -0.3 is 5.73 Å². The van der Waals surface area contributed by atoms with E-state index in [9.17, 15) is 10.1 Å². The third kappa shape index (κ3) is 1.45. The molecule has 0 saturated carbocycles. The highest BCUT2D eigenvalue weighted by molar-refractivity contribution is 5.75. The summed E-state index contributed by atoms with van der Waals surface area (Å²) in [6.45, 7) is 0. The second kappa shape index (κ2) is 3.31. The van der Waals surface area contributed by atoms with Crippen LogP contribution in [0.3, 0.4) is 0 Å². The van der Waals surface area contributed by atoms with E-state index >= 15 is 0 Å². The van der Waals surface area contributed by atoms with E-state index in [-0.39, 0.29) is 16.5 Å². The molecule has 17 heavy (non-hydrogen) atoms. The molecular formula is C13H10N2O2. The Bertz CT molecular complexity index is 699. The Morgan fingerprint density at radius 2 is 2.06 bits per heavy atom. The van der Waals surface area contributed by atoms with E-state index in [0.717, 1.165) is 21.7 Å². The van der Waals surface area contributed by atoms with Crippen molar-refractivity contribution in [2.75, 3.05) is 0 Å². The first-order chi connectivity index (χ1) is 8.15. The SMILES string of the molecule is NC1=C[C@H]2C=c3cc([N+](=O)[O-])ccc3=C2C=C1. The fourth-order valence-electron chi connectivity index (χ4n) is 2.31. The smallest absolute Gasteiger partial charge is 0.270 e. The molecule has 1 atom stereocenters. The summed E-state index contributed by atoms with van der Waals surface area (Å²) < 4.78 is 0. The van der Waals surface area contributed by atoms with Gasteiger partial charge in [-0.2, -0.15) is 0 Å². The van der Waals surface area contributed by atoms with E-state index in [2.05, 4.69) is 0 Å². The first kappa shape index (κ1) is 9.84. The number of nitro groups is 1. The highest BCUT2D eigenvalue weighted by Crippen LogP contribution is 2.24. The van der Waals surface area contributed by atoms with Crippen molar-refractivity contribution in [3.63, 3.8) is 0 Å². The molecule has 1 aromatic carbocycles. The second-order valence-corrected chi connectivity index (χ2v) is 4.18. The zero-order chi connectivity index (χ0) is 12.0. The fourth-order valence-corrected chi connectivity index (χ4v) is 2.31. The molecule has 2 aliphatic carbocycles. The Morgan fingerprint density at radius 3 is 2.82 bits per heavy atom. The van der Waals surface area contributed by atoms with Crippen molar-refractivity contribution in [1.29, 1.82) is 0 Å². The van der Waals surface area contributed by atoms with E-state index in [1.54, 1.807) is 12.1 Å². The van der Waals surface area contributed by atoms with Crippen LogP contribution >= 0.6 is 0 Å². The lowest BCUT2D eigenvalue weighted by Gasteiger charge is -2.11. The van der Waals surface area contributed by atoms with Crippen molar-refractivity contribution in [1.82, 2.24) is 0 Å². The monoisotopic (exact) mass is 226 g/mol. The van der Waals surface area contributed by atoms with Gasteiger partial charge in [0.25, 0.3) is 5.69 Å². The summed E-state index contributed by atoms with van der Waals surface area (Å²) in [6, 6.07) is 4.95. The Balaban J connectivity index is 2.26. The number of rotatable bonds is 1. The van der Waals surface area contributed by atoms with Crippen molar-refractivity contribution in [2.45, 2.75) is 0 Å². The van der Waals surface area contributed by atoms with E-state index in [1.807, 2.05) is 24.3 Å². The average Bonchev–Trinajstić information content (AvgIpc) is 2.64. The van der Waals surface area contributed by atoms with Crippen molar-refractivity contribution in [3.05, 3.63) is 62.7 Å². The van der Waals surface area contributed by atoms with E-state index in [0.29, 0.717) is 0 Å². The van der Waals surface area contributed by atoms with Gasteiger partial charge in [0.1, 0.15) is 0 Å². The topological polar surface area (TPSA) is 69.2 Å². The molecule has 4 heteroatoms. The molecule has 0 bridgehead atoms. The predicted molar refractivity (Wildman–Crippen MR) is 65.1 cm³/mol. The summed E-state index contributed by atoms with van der Waals surface area (Å²) in [5, 5.41) is 12.7. The number of nitro benzene ring substituents is 1. The van der Waals surface area contributed by atoms with Crippen molar-refractivity contribution >= 4 is 17.3 Å². The van der Waals surface area contributed by atoms with Crippen LogP contribution in [-0.4, -0.2) is 4.92 Å². The normalized spacial score (nSPS) is 20.4. The number of nitrogens with zero attached hydrogens (tertiary/aromatic N) is 1. The maximum Gasteiger partial charge on any atom is 0.270 e. The fraction of sp³-hybridized carbons (Fsp3) is 0.0769. The molecule has 0 amide bonds. The third-order valence-corrected chi connectivity index (χ3v) is 3.10. The molecular weight excluding hydrogens is 216 g/mol. The van der Waals surface area contributed by atoms with Gasteiger partial charge in [-0.15, -0.1) is 0 Å². The molecule has 1 aromatic rings. The summed E-state index contributed by atoms with van der Waals surface area (Å²) in [5.74, 6) is 0.150. The van der Waals surface area contributed by atoms with Gasteiger partial charge in [0.15, 0.2) is 0 Å². The van der Waals surface area contributed by atoms with E-state index in [4.69, 9.17) is 5.73 Å². The molecule has 4 nitrogen and oxygen atoms in total. The van der Waals surface area contributed by atoms with Crippen molar-refractivity contribution in [2.24, 2.45) is 11.7 Å². The number of nitrogens with two attached hydrogens (primary N) is 1. The van der Waals surface area contributed by atoms with Crippen molar-refractivity contribution in [3.8, 4) is 0 Å². The van der Waals surface area contributed by atoms with Gasteiger partial charge in [-0.1, -0.05) is 18.2 Å². The second-order valence-electron chi connectivity index (χ2n) is 4.18. The minimum absolute atomic E-state index is 0.125. The maximum atomic E-state index is 10.7. The van der Waals surface area contributed by atoms with Crippen LogP contribution < -0.4 is 16.2 Å². The van der Waals surface area contributed by atoms with E-state index < -0.39 is 0 Å².